The molecule has 1 aromatic rings. The Bertz CT molecular complexity index is 578. The van der Waals surface area contributed by atoms with Gasteiger partial charge in [0.1, 0.15) is 0 Å². The van der Waals surface area contributed by atoms with Crippen LogP contribution in [0.1, 0.15) is 26.7 Å². The number of carbonyl (C=O) groups is 1. The van der Waals surface area contributed by atoms with Gasteiger partial charge in [-0.05, 0) is 32.4 Å². The molecule has 126 valence electrons. The molecule has 23 heavy (non-hydrogen) atoms. The van der Waals surface area contributed by atoms with Crippen molar-refractivity contribution in [3.63, 3.8) is 0 Å². The maximum atomic E-state index is 12.4. The van der Waals surface area contributed by atoms with Crippen molar-refractivity contribution in [1.82, 2.24) is 9.80 Å². The van der Waals surface area contributed by atoms with E-state index in [0.29, 0.717) is 11.7 Å². The molecule has 1 fully saturated rings. The molecule has 2 rings (SSSR count). The van der Waals surface area contributed by atoms with Crippen LogP contribution in [0.2, 0.25) is 0 Å². The Balaban J connectivity index is 1.98. The lowest BCUT2D eigenvalue weighted by Gasteiger charge is -2.40. The second-order valence-corrected chi connectivity index (χ2v) is 6.00. The molecule has 1 N–H and O–H groups in total. The number of hydrogen-bond acceptors (Lipinski definition) is 4. The smallest absolute Gasteiger partial charge is 0.321 e. The minimum absolute atomic E-state index is 0.0321. The van der Waals surface area contributed by atoms with Crippen molar-refractivity contribution in [2.24, 2.45) is 0 Å². The number of benzene rings is 1. The normalized spacial score (nSPS) is 21.7. The maximum absolute atomic E-state index is 12.4. The van der Waals surface area contributed by atoms with Crippen molar-refractivity contribution in [3.05, 3.63) is 34.4 Å². The molecule has 1 saturated heterocycles. The minimum Gasteiger partial charge on any atom is -0.325 e. The molecule has 2 atom stereocenters. The number of nitrogens with one attached hydrogen (secondary N) is 1. The second-order valence-electron chi connectivity index (χ2n) is 6.00. The van der Waals surface area contributed by atoms with Gasteiger partial charge in [0, 0.05) is 43.5 Å². The average molecular weight is 320 g/mol. The molecule has 1 heterocycles. The van der Waals surface area contributed by atoms with E-state index in [-0.39, 0.29) is 17.8 Å². The molecule has 0 radical (unpaired) electrons. The molecular weight excluding hydrogens is 296 g/mol. The van der Waals surface area contributed by atoms with Crippen LogP contribution in [-0.4, -0.2) is 53.0 Å². The molecule has 7 nitrogen and oxygen atoms in total. The first-order valence-corrected chi connectivity index (χ1v) is 7.94. The molecule has 2 amide bonds. The molecule has 0 unspecified atom stereocenters. The van der Waals surface area contributed by atoms with E-state index in [0.717, 1.165) is 25.9 Å². The van der Waals surface area contributed by atoms with Crippen LogP contribution in [0.4, 0.5) is 16.2 Å². The number of urea groups is 1. The van der Waals surface area contributed by atoms with E-state index in [9.17, 15) is 14.9 Å². The zero-order chi connectivity index (χ0) is 17.0. The first-order valence-electron chi connectivity index (χ1n) is 7.94. The summed E-state index contributed by atoms with van der Waals surface area (Å²) in [7, 11) is 1.78. The van der Waals surface area contributed by atoms with Crippen molar-refractivity contribution >= 4 is 17.4 Å². The van der Waals surface area contributed by atoms with Crippen LogP contribution in [-0.2, 0) is 0 Å². The Morgan fingerprint density at radius 1 is 1.52 bits per heavy atom. The summed E-state index contributed by atoms with van der Waals surface area (Å²) in [5.41, 5.74) is 0.408. The Morgan fingerprint density at radius 3 is 2.87 bits per heavy atom. The predicted molar refractivity (Wildman–Crippen MR) is 89.6 cm³/mol. The van der Waals surface area contributed by atoms with Crippen LogP contribution < -0.4 is 5.32 Å². The van der Waals surface area contributed by atoms with Gasteiger partial charge in [0.25, 0.3) is 5.69 Å². The van der Waals surface area contributed by atoms with Crippen LogP contribution in [0.25, 0.3) is 0 Å². The van der Waals surface area contributed by atoms with Crippen LogP contribution in [0.3, 0.4) is 0 Å². The number of anilines is 1. The highest BCUT2D eigenvalue weighted by Gasteiger charge is 2.29. The predicted octanol–water partition coefficient (Wildman–Crippen LogP) is 2.93. The van der Waals surface area contributed by atoms with Crippen molar-refractivity contribution < 1.29 is 9.72 Å². The van der Waals surface area contributed by atoms with Crippen molar-refractivity contribution in [2.75, 3.05) is 25.5 Å². The summed E-state index contributed by atoms with van der Waals surface area (Å²) in [6.07, 6.45) is 1.88. The number of likely N-dealkylation sites (tertiary alicyclic amines) is 1. The van der Waals surface area contributed by atoms with E-state index in [1.807, 2.05) is 0 Å². The quantitative estimate of drug-likeness (QED) is 0.683. The number of rotatable bonds is 4. The van der Waals surface area contributed by atoms with Gasteiger partial charge in [-0.25, -0.2) is 4.79 Å². The number of nitrogens with zero attached hydrogens (tertiary/aromatic N) is 3. The van der Waals surface area contributed by atoms with Crippen LogP contribution in [0, 0.1) is 10.1 Å². The highest BCUT2D eigenvalue weighted by atomic mass is 16.6. The molecule has 1 aliphatic heterocycles. The fourth-order valence-corrected chi connectivity index (χ4v) is 3.09. The van der Waals surface area contributed by atoms with Crippen LogP contribution >= 0.6 is 0 Å². The van der Waals surface area contributed by atoms with Crippen LogP contribution in [0.5, 0.6) is 0 Å². The summed E-state index contributed by atoms with van der Waals surface area (Å²) in [6.45, 7) is 6.34. The largest absolute Gasteiger partial charge is 0.325 e. The van der Waals surface area contributed by atoms with Gasteiger partial charge in [-0.1, -0.05) is 13.0 Å². The Hall–Kier alpha value is -2.15. The fraction of sp³-hybridized carbons (Fsp3) is 0.562. The molecule has 0 spiro atoms. The van der Waals surface area contributed by atoms with Gasteiger partial charge in [-0.3, -0.25) is 10.1 Å². The zero-order valence-corrected chi connectivity index (χ0v) is 13.9. The van der Waals surface area contributed by atoms with E-state index in [2.05, 4.69) is 24.1 Å². The van der Waals surface area contributed by atoms with E-state index in [1.165, 1.54) is 12.1 Å². The summed E-state index contributed by atoms with van der Waals surface area (Å²) in [5.74, 6) is 0. The van der Waals surface area contributed by atoms with Gasteiger partial charge in [0.15, 0.2) is 0 Å². The van der Waals surface area contributed by atoms with Crippen molar-refractivity contribution in [1.29, 1.82) is 0 Å². The lowest BCUT2D eigenvalue weighted by molar-refractivity contribution is -0.384. The number of nitro groups is 1. The number of amides is 2. The lowest BCUT2D eigenvalue weighted by Crippen LogP contribution is -2.50. The van der Waals surface area contributed by atoms with Crippen molar-refractivity contribution in [2.45, 2.75) is 38.8 Å². The molecule has 0 aliphatic carbocycles. The van der Waals surface area contributed by atoms with E-state index in [1.54, 1.807) is 24.1 Å². The molecule has 1 aliphatic rings. The summed E-state index contributed by atoms with van der Waals surface area (Å²) in [4.78, 5) is 26.8. The first kappa shape index (κ1) is 17.2. The summed E-state index contributed by atoms with van der Waals surface area (Å²) in [5, 5.41) is 13.5. The Kier molecular flexibility index (Phi) is 5.54. The van der Waals surface area contributed by atoms with Gasteiger partial charge >= 0.3 is 6.03 Å². The number of nitro benzene ring substituents is 1. The highest BCUT2D eigenvalue weighted by Crippen LogP contribution is 2.22. The maximum Gasteiger partial charge on any atom is 0.321 e. The fourth-order valence-electron chi connectivity index (χ4n) is 3.09. The lowest BCUT2D eigenvalue weighted by atomic mass is 9.97. The Labute approximate surface area is 136 Å². The zero-order valence-electron chi connectivity index (χ0n) is 13.9. The van der Waals surface area contributed by atoms with Gasteiger partial charge in [0.2, 0.25) is 0 Å². The summed E-state index contributed by atoms with van der Waals surface area (Å²) >= 11 is 0. The molecule has 0 aromatic heterocycles. The van der Waals surface area contributed by atoms with E-state index in [4.69, 9.17) is 0 Å². The van der Waals surface area contributed by atoms with Crippen molar-refractivity contribution in [3.8, 4) is 0 Å². The summed E-state index contributed by atoms with van der Waals surface area (Å²) in [6, 6.07) is 6.40. The number of hydrogen-bond donors (Lipinski definition) is 1. The van der Waals surface area contributed by atoms with Gasteiger partial charge in [0.05, 0.1) is 4.92 Å². The topological polar surface area (TPSA) is 78.7 Å². The van der Waals surface area contributed by atoms with E-state index < -0.39 is 4.92 Å². The SMILES string of the molecule is CCN1CC[C@@H](N(C)C(=O)Nc2cccc([N+](=O)[O-])c2)C[C@H]1C. The van der Waals surface area contributed by atoms with E-state index >= 15 is 0 Å². The highest BCUT2D eigenvalue weighted by molar-refractivity contribution is 5.89. The number of non-ortho nitro benzene ring substituents is 1. The Morgan fingerprint density at radius 2 is 2.26 bits per heavy atom. The molecule has 0 bridgehead atoms. The van der Waals surface area contributed by atoms with Crippen LogP contribution in [0.15, 0.2) is 24.3 Å². The first-order chi connectivity index (χ1) is 10.9. The average Bonchev–Trinajstić information content (AvgIpc) is 2.54. The third kappa shape index (κ3) is 4.19. The van der Waals surface area contributed by atoms with Gasteiger partial charge in [-0.2, -0.15) is 0 Å². The summed E-state index contributed by atoms with van der Waals surface area (Å²) < 4.78 is 0. The molecule has 7 heteroatoms. The minimum atomic E-state index is -0.471. The van der Waals surface area contributed by atoms with Gasteiger partial charge in [-0.15, -0.1) is 0 Å². The van der Waals surface area contributed by atoms with Gasteiger partial charge < -0.3 is 15.1 Å². The number of piperidine rings is 1. The third-order valence-corrected chi connectivity index (χ3v) is 4.57. The third-order valence-electron chi connectivity index (χ3n) is 4.57. The number of carbonyl (C=O) groups excluding carboxylic acids is 1. The standard InChI is InChI=1S/C16H24N4O3/c1-4-19-9-8-14(10-12(19)2)18(3)16(21)17-13-6-5-7-15(11-13)20(22)23/h5-7,11-12,14H,4,8-10H2,1-3H3,(H,17,21)/t12-,14-/m1/s1. The molecule has 1 aromatic carbocycles. The second kappa shape index (κ2) is 7.41. The monoisotopic (exact) mass is 320 g/mol. The molecular formula is C16H24N4O3. The molecule has 0 saturated carbocycles.